The van der Waals surface area contributed by atoms with Gasteiger partial charge in [0.2, 0.25) is 0 Å². The zero-order chi connectivity index (χ0) is 16.6. The van der Waals surface area contributed by atoms with E-state index in [1.54, 1.807) is 19.2 Å². The fourth-order valence-electron chi connectivity index (χ4n) is 1.77. The molecular weight excluding hydrogens is 274 g/mol. The molecule has 0 aliphatic rings. The number of benzene rings is 1. The summed E-state index contributed by atoms with van der Waals surface area (Å²) in [7, 11) is 3.48. The number of rotatable bonds is 6. The van der Waals surface area contributed by atoms with E-state index in [9.17, 15) is 4.79 Å². The molecule has 0 atom stereocenters. The highest BCUT2D eigenvalue weighted by Gasteiger charge is 2.08. The number of likely N-dealkylation sites (N-methyl/N-ethyl adjacent to an activating group) is 1. The molecule has 3 heteroatoms. The van der Waals surface area contributed by atoms with Gasteiger partial charge in [-0.15, -0.1) is 0 Å². The summed E-state index contributed by atoms with van der Waals surface area (Å²) in [6.45, 7) is 6.59. The van der Waals surface area contributed by atoms with Gasteiger partial charge in [-0.25, -0.2) is 0 Å². The van der Waals surface area contributed by atoms with Crippen LogP contribution in [0.15, 0.2) is 36.5 Å². The van der Waals surface area contributed by atoms with Gasteiger partial charge in [0.25, 0.3) is 0 Å². The average molecular weight is 299 g/mol. The van der Waals surface area contributed by atoms with E-state index >= 15 is 0 Å². The number of hydrogen-bond donors (Lipinski definition) is 0. The summed E-state index contributed by atoms with van der Waals surface area (Å²) < 4.78 is 5.13. The summed E-state index contributed by atoms with van der Waals surface area (Å²) in [6, 6.07) is 7.21. The fraction of sp³-hybridized carbons (Fsp3) is 0.421. The van der Waals surface area contributed by atoms with Crippen molar-refractivity contribution in [1.82, 2.24) is 4.90 Å². The van der Waals surface area contributed by atoms with Crippen LogP contribution in [-0.4, -0.2) is 31.4 Å². The molecule has 0 aliphatic carbocycles. The SMILES string of the molecule is COc1cccc(C(=O)CN(C)/C=C/CC#CC(C)(C)C)c1. The molecule has 0 amide bonds. The first-order valence-electron chi connectivity index (χ1n) is 7.36. The summed E-state index contributed by atoms with van der Waals surface area (Å²) in [5.41, 5.74) is 0.689. The first kappa shape index (κ1) is 17.8. The molecule has 0 radical (unpaired) electrons. The maximum absolute atomic E-state index is 12.2. The zero-order valence-corrected chi connectivity index (χ0v) is 14.1. The van der Waals surface area contributed by atoms with Crippen molar-refractivity contribution in [2.75, 3.05) is 20.7 Å². The standard InChI is InChI=1S/C19H25NO2/c1-19(2,3)12-7-6-8-13-20(4)15-18(21)16-10-9-11-17(14-16)22-5/h8-11,13-14H,6,15H2,1-5H3/b13-8+. The minimum Gasteiger partial charge on any atom is -0.497 e. The van der Waals surface area contributed by atoms with Crippen LogP contribution < -0.4 is 4.74 Å². The number of hydrogen-bond acceptors (Lipinski definition) is 3. The molecule has 0 bridgehead atoms. The molecule has 1 aromatic rings. The number of ketones is 1. The Hall–Kier alpha value is -2.21. The summed E-state index contributed by atoms with van der Waals surface area (Å²) in [4.78, 5) is 14.0. The van der Waals surface area contributed by atoms with E-state index in [0.29, 0.717) is 24.3 Å². The van der Waals surface area contributed by atoms with Gasteiger partial charge in [-0.3, -0.25) is 4.79 Å². The number of allylic oxidation sites excluding steroid dienone is 1. The average Bonchev–Trinajstić information content (AvgIpc) is 2.45. The number of ether oxygens (including phenoxy) is 1. The Morgan fingerprint density at radius 3 is 2.73 bits per heavy atom. The summed E-state index contributed by atoms with van der Waals surface area (Å²) >= 11 is 0. The second-order valence-corrected chi connectivity index (χ2v) is 6.21. The van der Waals surface area contributed by atoms with Crippen LogP contribution in [0.3, 0.4) is 0 Å². The van der Waals surface area contributed by atoms with Crippen LogP contribution in [0, 0.1) is 17.3 Å². The van der Waals surface area contributed by atoms with Crippen molar-refractivity contribution in [3.05, 3.63) is 42.1 Å². The summed E-state index contributed by atoms with van der Waals surface area (Å²) in [5, 5.41) is 0. The Balaban J connectivity index is 2.51. The van der Waals surface area contributed by atoms with Gasteiger partial charge >= 0.3 is 0 Å². The quantitative estimate of drug-likeness (QED) is 0.591. The number of carbonyl (C=O) groups excluding carboxylic acids is 1. The van der Waals surface area contributed by atoms with Crippen molar-refractivity contribution in [2.45, 2.75) is 27.2 Å². The van der Waals surface area contributed by atoms with Gasteiger partial charge in [0.1, 0.15) is 5.75 Å². The predicted molar refractivity (Wildman–Crippen MR) is 90.9 cm³/mol. The molecule has 0 N–H and O–H groups in total. The molecule has 0 aromatic heterocycles. The van der Waals surface area contributed by atoms with Crippen molar-refractivity contribution in [3.8, 4) is 17.6 Å². The van der Waals surface area contributed by atoms with Crippen molar-refractivity contribution in [3.63, 3.8) is 0 Å². The molecule has 3 nitrogen and oxygen atoms in total. The lowest BCUT2D eigenvalue weighted by Crippen LogP contribution is -2.21. The van der Waals surface area contributed by atoms with Crippen molar-refractivity contribution < 1.29 is 9.53 Å². The first-order chi connectivity index (χ1) is 10.3. The van der Waals surface area contributed by atoms with Gasteiger partial charge in [-0.1, -0.05) is 30.0 Å². The van der Waals surface area contributed by atoms with Gasteiger partial charge < -0.3 is 9.64 Å². The van der Waals surface area contributed by atoms with Crippen molar-refractivity contribution in [1.29, 1.82) is 0 Å². The van der Waals surface area contributed by atoms with Crippen LogP contribution in [-0.2, 0) is 0 Å². The molecule has 118 valence electrons. The highest BCUT2D eigenvalue weighted by molar-refractivity contribution is 5.98. The fourth-order valence-corrected chi connectivity index (χ4v) is 1.77. The number of nitrogens with zero attached hydrogens (tertiary/aromatic N) is 1. The van der Waals surface area contributed by atoms with Crippen LogP contribution >= 0.6 is 0 Å². The van der Waals surface area contributed by atoms with Gasteiger partial charge in [0.15, 0.2) is 5.78 Å². The first-order valence-corrected chi connectivity index (χ1v) is 7.36. The highest BCUT2D eigenvalue weighted by Crippen LogP contribution is 2.13. The van der Waals surface area contributed by atoms with Crippen LogP contribution in [0.1, 0.15) is 37.6 Å². The minimum atomic E-state index is 0.0298. The van der Waals surface area contributed by atoms with E-state index < -0.39 is 0 Å². The molecule has 0 saturated heterocycles. The van der Waals surface area contributed by atoms with Crippen molar-refractivity contribution >= 4 is 5.78 Å². The van der Waals surface area contributed by atoms with E-state index in [-0.39, 0.29) is 11.2 Å². The van der Waals surface area contributed by atoms with Crippen LogP contribution in [0.2, 0.25) is 0 Å². The Bertz CT molecular complexity index is 585. The minimum absolute atomic E-state index is 0.0298. The monoisotopic (exact) mass is 299 g/mol. The van der Waals surface area contributed by atoms with E-state index in [0.717, 1.165) is 0 Å². The Morgan fingerprint density at radius 2 is 2.09 bits per heavy atom. The lowest BCUT2D eigenvalue weighted by molar-refractivity contribution is 0.0964. The largest absolute Gasteiger partial charge is 0.497 e. The van der Waals surface area contributed by atoms with Crippen LogP contribution in [0.4, 0.5) is 0 Å². The van der Waals surface area contributed by atoms with Crippen LogP contribution in [0.25, 0.3) is 0 Å². The van der Waals surface area contributed by atoms with Crippen LogP contribution in [0.5, 0.6) is 5.75 Å². The Labute approximate surface area is 134 Å². The topological polar surface area (TPSA) is 29.5 Å². The maximum atomic E-state index is 12.2. The van der Waals surface area contributed by atoms with E-state index in [2.05, 4.69) is 32.6 Å². The number of carbonyl (C=O) groups is 1. The molecule has 0 fully saturated rings. The normalized spacial score (nSPS) is 11.0. The smallest absolute Gasteiger partial charge is 0.182 e. The third kappa shape index (κ3) is 6.99. The Kier molecular flexibility index (Phi) is 6.72. The number of Topliss-reactive ketones (excluding diaryl/α,β-unsaturated/α-hetero) is 1. The number of methoxy groups -OCH3 is 1. The molecule has 0 spiro atoms. The third-order valence-corrected chi connectivity index (χ3v) is 2.83. The summed E-state index contributed by atoms with van der Waals surface area (Å²) in [5.74, 6) is 7.05. The van der Waals surface area contributed by atoms with E-state index in [4.69, 9.17) is 4.74 Å². The second kappa shape index (κ2) is 8.29. The lowest BCUT2D eigenvalue weighted by atomic mass is 9.98. The zero-order valence-electron chi connectivity index (χ0n) is 14.1. The van der Waals surface area contributed by atoms with Gasteiger partial charge in [-0.2, -0.15) is 0 Å². The maximum Gasteiger partial charge on any atom is 0.182 e. The molecule has 0 saturated carbocycles. The molecular formula is C19H25NO2. The molecule has 0 unspecified atom stereocenters. The second-order valence-electron chi connectivity index (χ2n) is 6.21. The van der Waals surface area contributed by atoms with Gasteiger partial charge in [0.05, 0.1) is 13.7 Å². The molecule has 1 rings (SSSR count). The van der Waals surface area contributed by atoms with Gasteiger partial charge in [0, 0.05) is 24.4 Å². The summed E-state index contributed by atoms with van der Waals surface area (Å²) in [6.07, 6.45) is 4.56. The molecule has 0 heterocycles. The van der Waals surface area contributed by atoms with E-state index in [1.165, 1.54) is 0 Å². The predicted octanol–water partition coefficient (Wildman–Crippen LogP) is 3.76. The Morgan fingerprint density at radius 1 is 1.36 bits per heavy atom. The van der Waals surface area contributed by atoms with Crippen molar-refractivity contribution in [2.24, 2.45) is 5.41 Å². The van der Waals surface area contributed by atoms with E-state index in [1.807, 2.05) is 36.4 Å². The molecule has 22 heavy (non-hydrogen) atoms. The molecule has 1 aromatic carbocycles. The third-order valence-electron chi connectivity index (χ3n) is 2.83. The lowest BCUT2D eigenvalue weighted by Gasteiger charge is -2.13. The molecule has 0 aliphatic heterocycles. The highest BCUT2D eigenvalue weighted by atomic mass is 16.5. The van der Waals surface area contributed by atoms with Gasteiger partial charge in [-0.05, 0) is 39.1 Å².